The Morgan fingerprint density at radius 1 is 1.26 bits per heavy atom. The van der Waals surface area contributed by atoms with Gasteiger partial charge in [-0.25, -0.2) is 0 Å². The van der Waals surface area contributed by atoms with Gasteiger partial charge in [0.05, 0.1) is 18.8 Å². The SMILES string of the molecule is Cn1cc(CN(CC#N)Cc2ccc(Cl)cc2)cn1. The van der Waals surface area contributed by atoms with Gasteiger partial charge in [-0.2, -0.15) is 10.4 Å². The quantitative estimate of drug-likeness (QED) is 0.787. The molecule has 2 rings (SSSR count). The van der Waals surface area contributed by atoms with E-state index in [0.717, 1.165) is 22.7 Å². The van der Waals surface area contributed by atoms with E-state index in [9.17, 15) is 0 Å². The molecule has 0 radical (unpaired) electrons. The minimum absolute atomic E-state index is 0.386. The number of benzene rings is 1. The summed E-state index contributed by atoms with van der Waals surface area (Å²) in [5.41, 5.74) is 2.25. The number of hydrogen-bond donors (Lipinski definition) is 0. The molecule has 0 aliphatic rings. The van der Waals surface area contributed by atoms with Crippen molar-refractivity contribution in [1.82, 2.24) is 14.7 Å². The smallest absolute Gasteiger partial charge is 0.0871 e. The van der Waals surface area contributed by atoms with Crippen LogP contribution in [0.25, 0.3) is 0 Å². The van der Waals surface area contributed by atoms with Crippen molar-refractivity contribution in [1.29, 1.82) is 5.26 Å². The van der Waals surface area contributed by atoms with E-state index in [2.05, 4.69) is 16.1 Å². The van der Waals surface area contributed by atoms with Gasteiger partial charge >= 0.3 is 0 Å². The second kappa shape index (κ2) is 6.37. The van der Waals surface area contributed by atoms with Gasteiger partial charge in [-0.05, 0) is 17.7 Å². The maximum Gasteiger partial charge on any atom is 0.0871 e. The minimum atomic E-state index is 0.386. The maximum absolute atomic E-state index is 8.91. The lowest BCUT2D eigenvalue weighted by Crippen LogP contribution is -2.22. The minimum Gasteiger partial charge on any atom is -0.282 e. The molecule has 4 nitrogen and oxygen atoms in total. The topological polar surface area (TPSA) is 44.9 Å². The van der Waals surface area contributed by atoms with Gasteiger partial charge in [-0.1, -0.05) is 23.7 Å². The Balaban J connectivity index is 2.03. The summed E-state index contributed by atoms with van der Waals surface area (Å²) in [5, 5.41) is 13.8. The van der Waals surface area contributed by atoms with Crippen LogP contribution in [0.15, 0.2) is 36.7 Å². The van der Waals surface area contributed by atoms with Gasteiger partial charge in [-0.3, -0.25) is 9.58 Å². The Morgan fingerprint density at radius 3 is 2.53 bits per heavy atom. The molecule has 1 aromatic carbocycles. The maximum atomic E-state index is 8.91. The molecular weight excluding hydrogens is 260 g/mol. The zero-order valence-corrected chi connectivity index (χ0v) is 11.5. The number of rotatable bonds is 5. The van der Waals surface area contributed by atoms with Crippen molar-refractivity contribution >= 4 is 11.6 Å². The highest BCUT2D eigenvalue weighted by Gasteiger charge is 2.08. The van der Waals surface area contributed by atoms with Gasteiger partial charge in [0.15, 0.2) is 0 Å². The van der Waals surface area contributed by atoms with Gasteiger partial charge in [0.25, 0.3) is 0 Å². The first-order chi connectivity index (χ1) is 9.17. The first-order valence-electron chi connectivity index (χ1n) is 5.98. The van der Waals surface area contributed by atoms with Gasteiger partial charge in [0.2, 0.25) is 0 Å². The van der Waals surface area contributed by atoms with Crippen molar-refractivity contribution < 1.29 is 0 Å². The second-order valence-corrected chi connectivity index (χ2v) is 4.89. The summed E-state index contributed by atoms with van der Waals surface area (Å²) >= 11 is 5.86. The molecule has 1 heterocycles. The van der Waals surface area contributed by atoms with Crippen LogP contribution in [0.5, 0.6) is 0 Å². The van der Waals surface area contributed by atoms with E-state index in [-0.39, 0.29) is 0 Å². The molecule has 2 aromatic rings. The normalized spacial score (nSPS) is 10.6. The molecule has 0 aliphatic heterocycles. The molecule has 0 aliphatic carbocycles. The van der Waals surface area contributed by atoms with E-state index in [4.69, 9.17) is 16.9 Å². The third kappa shape index (κ3) is 4.09. The summed E-state index contributed by atoms with van der Waals surface area (Å²) in [6.07, 6.45) is 3.79. The third-order valence-electron chi connectivity index (χ3n) is 2.78. The molecule has 0 bridgehead atoms. The lowest BCUT2D eigenvalue weighted by Gasteiger charge is -2.18. The Kier molecular flexibility index (Phi) is 4.56. The molecule has 0 N–H and O–H groups in total. The number of nitriles is 1. The number of aromatic nitrogens is 2. The monoisotopic (exact) mass is 274 g/mol. The fraction of sp³-hybridized carbons (Fsp3) is 0.286. The van der Waals surface area contributed by atoms with Crippen LogP contribution < -0.4 is 0 Å². The van der Waals surface area contributed by atoms with Crippen molar-refractivity contribution in [2.45, 2.75) is 13.1 Å². The summed E-state index contributed by atoms with van der Waals surface area (Å²) in [4.78, 5) is 2.07. The molecule has 0 unspecified atom stereocenters. The molecular formula is C14H15ClN4. The van der Waals surface area contributed by atoms with E-state index in [1.165, 1.54) is 0 Å². The van der Waals surface area contributed by atoms with Crippen LogP contribution in [-0.2, 0) is 20.1 Å². The van der Waals surface area contributed by atoms with E-state index in [1.807, 2.05) is 43.7 Å². The van der Waals surface area contributed by atoms with Crippen molar-refractivity contribution in [2.75, 3.05) is 6.54 Å². The van der Waals surface area contributed by atoms with Crippen molar-refractivity contribution in [3.05, 3.63) is 52.8 Å². The van der Waals surface area contributed by atoms with Gasteiger partial charge in [0, 0.05) is 36.9 Å². The molecule has 5 heteroatoms. The summed E-state index contributed by atoms with van der Waals surface area (Å²) in [6.45, 7) is 1.82. The zero-order chi connectivity index (χ0) is 13.7. The average molecular weight is 275 g/mol. The Bertz CT molecular complexity index is 568. The fourth-order valence-electron chi connectivity index (χ4n) is 1.93. The molecule has 0 saturated heterocycles. The number of aryl methyl sites for hydroxylation is 1. The van der Waals surface area contributed by atoms with Crippen LogP contribution in [0.1, 0.15) is 11.1 Å². The van der Waals surface area contributed by atoms with Crippen LogP contribution in [-0.4, -0.2) is 21.2 Å². The van der Waals surface area contributed by atoms with E-state index >= 15 is 0 Å². The lowest BCUT2D eigenvalue weighted by atomic mass is 10.2. The summed E-state index contributed by atoms with van der Waals surface area (Å²) < 4.78 is 1.77. The first-order valence-corrected chi connectivity index (χ1v) is 6.36. The van der Waals surface area contributed by atoms with E-state index in [0.29, 0.717) is 13.1 Å². The number of hydrogen-bond acceptors (Lipinski definition) is 3. The van der Waals surface area contributed by atoms with E-state index < -0.39 is 0 Å². The Hall–Kier alpha value is -1.83. The van der Waals surface area contributed by atoms with Gasteiger partial charge < -0.3 is 0 Å². The van der Waals surface area contributed by atoms with Crippen LogP contribution >= 0.6 is 11.6 Å². The predicted octanol–water partition coefficient (Wildman–Crippen LogP) is 2.60. The van der Waals surface area contributed by atoms with Crippen LogP contribution in [0.2, 0.25) is 5.02 Å². The van der Waals surface area contributed by atoms with Crippen molar-refractivity contribution in [3.8, 4) is 6.07 Å². The predicted molar refractivity (Wildman–Crippen MR) is 74.4 cm³/mol. The molecule has 0 amide bonds. The van der Waals surface area contributed by atoms with Crippen molar-refractivity contribution in [3.63, 3.8) is 0 Å². The highest BCUT2D eigenvalue weighted by atomic mass is 35.5. The van der Waals surface area contributed by atoms with Crippen LogP contribution in [0.4, 0.5) is 0 Å². The lowest BCUT2D eigenvalue weighted by molar-refractivity contribution is 0.289. The molecule has 0 saturated carbocycles. The fourth-order valence-corrected chi connectivity index (χ4v) is 2.05. The third-order valence-corrected chi connectivity index (χ3v) is 3.03. The first kappa shape index (κ1) is 13.6. The molecule has 19 heavy (non-hydrogen) atoms. The Labute approximate surface area is 117 Å². The standard InChI is InChI=1S/C14H15ClN4/c1-18-9-13(8-17-18)11-19(7-6-16)10-12-2-4-14(15)5-3-12/h2-5,8-9H,7,10-11H2,1H3. The van der Waals surface area contributed by atoms with Crippen molar-refractivity contribution in [2.24, 2.45) is 7.05 Å². The van der Waals surface area contributed by atoms with Gasteiger partial charge in [-0.15, -0.1) is 0 Å². The highest BCUT2D eigenvalue weighted by molar-refractivity contribution is 6.30. The summed E-state index contributed by atoms with van der Waals surface area (Å²) in [6, 6.07) is 9.90. The largest absolute Gasteiger partial charge is 0.282 e. The van der Waals surface area contributed by atoms with Crippen LogP contribution in [0.3, 0.4) is 0 Å². The summed E-state index contributed by atoms with van der Waals surface area (Å²) in [7, 11) is 1.89. The van der Waals surface area contributed by atoms with Crippen LogP contribution in [0, 0.1) is 11.3 Å². The number of halogens is 1. The molecule has 98 valence electrons. The average Bonchev–Trinajstić information content (AvgIpc) is 2.78. The summed E-state index contributed by atoms with van der Waals surface area (Å²) in [5.74, 6) is 0. The Morgan fingerprint density at radius 2 is 1.95 bits per heavy atom. The molecule has 0 spiro atoms. The van der Waals surface area contributed by atoms with E-state index in [1.54, 1.807) is 4.68 Å². The molecule has 0 atom stereocenters. The zero-order valence-electron chi connectivity index (χ0n) is 10.8. The highest BCUT2D eigenvalue weighted by Crippen LogP contribution is 2.13. The number of nitrogens with zero attached hydrogens (tertiary/aromatic N) is 4. The molecule has 0 fully saturated rings. The molecule has 1 aromatic heterocycles. The second-order valence-electron chi connectivity index (χ2n) is 4.45. The van der Waals surface area contributed by atoms with Gasteiger partial charge in [0.1, 0.15) is 0 Å².